The van der Waals surface area contributed by atoms with Gasteiger partial charge >= 0.3 is 0 Å². The zero-order chi connectivity index (χ0) is 20.1. The third-order valence-corrected chi connectivity index (χ3v) is 5.45. The van der Waals surface area contributed by atoms with Gasteiger partial charge in [0, 0.05) is 0 Å². The van der Waals surface area contributed by atoms with Gasteiger partial charge in [0.05, 0.1) is 5.69 Å². The molecule has 152 valence electrons. The van der Waals surface area contributed by atoms with Gasteiger partial charge in [-0.25, -0.2) is 4.79 Å². The van der Waals surface area contributed by atoms with Crippen LogP contribution in [0.4, 0.5) is 5.69 Å². The maximum Gasteiger partial charge on any atom is 0.240 e. The largest absolute Gasteiger partial charge is 0.240 e. The van der Waals surface area contributed by atoms with Crippen molar-refractivity contribution in [1.29, 1.82) is 0 Å². The molecule has 0 saturated heterocycles. The van der Waals surface area contributed by atoms with E-state index in [4.69, 9.17) is 0 Å². The highest BCUT2D eigenvalue weighted by molar-refractivity contribution is 5.62. The topological polar surface area (TPSA) is 29.4 Å². The number of nitrogens with zero attached hydrogens (tertiary/aromatic N) is 1. The van der Waals surface area contributed by atoms with Crippen LogP contribution in [-0.4, -0.2) is 6.08 Å². The van der Waals surface area contributed by atoms with Crippen LogP contribution in [0, 0.1) is 0 Å². The van der Waals surface area contributed by atoms with E-state index in [2.05, 4.69) is 51.7 Å². The molecule has 0 saturated carbocycles. The number of benzene rings is 1. The second-order valence-electron chi connectivity index (χ2n) is 8.57. The summed E-state index contributed by atoms with van der Waals surface area (Å²) in [5, 5.41) is 0. The van der Waals surface area contributed by atoms with E-state index in [1.54, 1.807) is 6.08 Å². The van der Waals surface area contributed by atoms with Crippen LogP contribution in [-0.2, 0) is 11.2 Å². The molecule has 1 rings (SSSR count). The molecule has 0 radical (unpaired) electrons. The number of aryl methyl sites for hydroxylation is 1. The van der Waals surface area contributed by atoms with Gasteiger partial charge in [0.25, 0.3) is 0 Å². The molecule has 1 aromatic carbocycles. The van der Waals surface area contributed by atoms with Gasteiger partial charge in [-0.1, -0.05) is 105 Å². The van der Waals surface area contributed by atoms with Crippen LogP contribution in [0.2, 0.25) is 0 Å². The van der Waals surface area contributed by atoms with Crippen LogP contribution >= 0.6 is 0 Å². The molecule has 0 aliphatic carbocycles. The lowest BCUT2D eigenvalue weighted by molar-refractivity contribution is 0.556. The lowest BCUT2D eigenvalue weighted by Crippen LogP contribution is -1.99. The van der Waals surface area contributed by atoms with Crippen molar-refractivity contribution in [2.24, 2.45) is 4.99 Å². The first kappa shape index (κ1) is 23.6. The second kappa shape index (κ2) is 13.7. The van der Waals surface area contributed by atoms with E-state index >= 15 is 0 Å². The molecule has 0 bridgehead atoms. The number of carbonyl (C=O) groups excluding carboxylic acids is 1. The van der Waals surface area contributed by atoms with E-state index < -0.39 is 0 Å². The third-order valence-electron chi connectivity index (χ3n) is 5.45. The molecule has 0 atom stereocenters. The maximum absolute atomic E-state index is 10.9. The summed E-state index contributed by atoms with van der Waals surface area (Å²) in [5.74, 6) is 0.726. The van der Waals surface area contributed by atoms with Crippen LogP contribution in [0.3, 0.4) is 0 Å². The van der Waals surface area contributed by atoms with E-state index in [0.717, 1.165) is 12.1 Å². The minimum Gasteiger partial charge on any atom is -0.211 e. The van der Waals surface area contributed by atoms with Gasteiger partial charge < -0.3 is 0 Å². The Morgan fingerprint density at radius 2 is 1.22 bits per heavy atom. The molecule has 0 N–H and O–H groups in total. The Morgan fingerprint density at radius 3 is 1.63 bits per heavy atom. The Kier molecular flexibility index (Phi) is 12.0. The molecule has 1 aromatic rings. The summed E-state index contributed by atoms with van der Waals surface area (Å²) in [4.78, 5) is 14.9. The van der Waals surface area contributed by atoms with Crippen LogP contribution < -0.4 is 0 Å². The molecular weight excluding hydrogens is 330 g/mol. The molecular formula is C25H41NO. The normalized spacial score (nSPS) is 11.2. The molecule has 0 aliphatic rings. The lowest BCUT2D eigenvalue weighted by Gasteiger charge is -2.18. The smallest absolute Gasteiger partial charge is 0.211 e. The van der Waals surface area contributed by atoms with Gasteiger partial charge in [-0.15, -0.1) is 0 Å². The van der Waals surface area contributed by atoms with Gasteiger partial charge in [-0.3, -0.25) is 0 Å². The van der Waals surface area contributed by atoms with Crippen LogP contribution in [0.1, 0.15) is 127 Å². The van der Waals surface area contributed by atoms with Crippen molar-refractivity contribution in [3.8, 4) is 0 Å². The number of isocyanates is 1. The van der Waals surface area contributed by atoms with Crippen LogP contribution in [0.25, 0.3) is 0 Å². The maximum atomic E-state index is 10.9. The fourth-order valence-corrected chi connectivity index (χ4v) is 3.76. The molecule has 0 aliphatic heterocycles. The zero-order valence-electron chi connectivity index (χ0n) is 18.4. The van der Waals surface area contributed by atoms with Gasteiger partial charge in [0.1, 0.15) is 0 Å². The summed E-state index contributed by atoms with van der Waals surface area (Å²) in [6.45, 7) is 11.0. The Bertz CT molecular complexity index is 553. The highest BCUT2D eigenvalue weighted by atomic mass is 16.1. The Labute approximate surface area is 167 Å². The number of unbranched alkanes of at least 4 members (excludes halogenated alkanes) is 9. The summed E-state index contributed by atoms with van der Waals surface area (Å²) < 4.78 is 0. The first-order valence-electron chi connectivity index (χ1n) is 11.3. The summed E-state index contributed by atoms with van der Waals surface area (Å²) in [5.41, 5.74) is 4.62. The molecule has 2 nitrogen and oxygen atoms in total. The summed E-state index contributed by atoms with van der Waals surface area (Å²) >= 11 is 0. The van der Waals surface area contributed by atoms with Crippen molar-refractivity contribution >= 4 is 11.8 Å². The van der Waals surface area contributed by atoms with Crippen molar-refractivity contribution in [3.63, 3.8) is 0 Å². The van der Waals surface area contributed by atoms with E-state index in [1.807, 2.05) is 0 Å². The number of rotatable bonds is 14. The van der Waals surface area contributed by atoms with Crippen molar-refractivity contribution in [2.75, 3.05) is 0 Å². The van der Waals surface area contributed by atoms with Gasteiger partial charge in [-0.05, 0) is 41.4 Å². The van der Waals surface area contributed by atoms with E-state index in [-0.39, 0.29) is 0 Å². The van der Waals surface area contributed by atoms with Gasteiger partial charge in [0.15, 0.2) is 0 Å². The Morgan fingerprint density at radius 1 is 0.778 bits per heavy atom. The predicted molar refractivity (Wildman–Crippen MR) is 118 cm³/mol. The van der Waals surface area contributed by atoms with Crippen molar-refractivity contribution in [2.45, 2.75) is 117 Å². The lowest BCUT2D eigenvalue weighted by atomic mass is 9.89. The molecule has 0 fully saturated rings. The number of aliphatic imine (C=N–C) groups is 1. The fraction of sp³-hybridized carbons (Fsp3) is 0.720. The average Bonchev–Trinajstić information content (AvgIpc) is 2.63. The minimum absolute atomic E-state index is 0.363. The molecule has 0 spiro atoms. The van der Waals surface area contributed by atoms with Crippen molar-refractivity contribution in [1.82, 2.24) is 0 Å². The molecule has 27 heavy (non-hydrogen) atoms. The highest BCUT2D eigenvalue weighted by Crippen LogP contribution is 2.36. The Balaban J connectivity index is 2.52. The first-order valence-corrected chi connectivity index (χ1v) is 11.3. The summed E-state index contributed by atoms with van der Waals surface area (Å²) in [7, 11) is 0. The van der Waals surface area contributed by atoms with E-state index in [0.29, 0.717) is 11.8 Å². The van der Waals surface area contributed by atoms with Gasteiger partial charge in [0.2, 0.25) is 6.08 Å². The SMILES string of the molecule is CCCCCCCCCCCCc1cc(C(C)C)c(N=C=O)c(C(C)C)c1. The quantitative estimate of drug-likeness (QED) is 0.183. The van der Waals surface area contributed by atoms with E-state index in [9.17, 15) is 4.79 Å². The molecule has 0 heterocycles. The summed E-state index contributed by atoms with van der Waals surface area (Å²) in [6.07, 6.45) is 16.6. The molecule has 0 unspecified atom stereocenters. The van der Waals surface area contributed by atoms with Crippen molar-refractivity contribution < 1.29 is 4.79 Å². The molecule has 2 heteroatoms. The number of hydrogen-bond donors (Lipinski definition) is 0. The van der Waals surface area contributed by atoms with E-state index in [1.165, 1.54) is 80.9 Å². The average molecular weight is 372 g/mol. The monoisotopic (exact) mass is 371 g/mol. The zero-order valence-corrected chi connectivity index (χ0v) is 18.4. The second-order valence-corrected chi connectivity index (χ2v) is 8.57. The Hall–Kier alpha value is -1.40. The van der Waals surface area contributed by atoms with Crippen molar-refractivity contribution in [3.05, 3.63) is 28.8 Å². The molecule has 0 amide bonds. The third kappa shape index (κ3) is 8.89. The standard InChI is InChI=1S/C25H41NO/c1-6-7-8-9-10-11-12-13-14-15-16-22-17-23(20(2)3)25(26-19-27)24(18-22)21(4)5/h17-18,20-21H,6-16H2,1-5H3. The first-order chi connectivity index (χ1) is 13.0. The highest BCUT2D eigenvalue weighted by Gasteiger charge is 2.15. The van der Waals surface area contributed by atoms with Gasteiger partial charge in [-0.2, -0.15) is 4.99 Å². The van der Waals surface area contributed by atoms with Crippen LogP contribution in [0.15, 0.2) is 17.1 Å². The predicted octanol–water partition coefficient (Wildman–Crippen LogP) is 8.36. The number of hydrogen-bond acceptors (Lipinski definition) is 2. The van der Waals surface area contributed by atoms with Crippen LogP contribution in [0.5, 0.6) is 0 Å². The summed E-state index contributed by atoms with van der Waals surface area (Å²) in [6, 6.07) is 4.53. The fourth-order valence-electron chi connectivity index (χ4n) is 3.76. The minimum atomic E-state index is 0.363. The molecule has 0 aromatic heterocycles.